The maximum atomic E-state index is 14.1. The van der Waals surface area contributed by atoms with Gasteiger partial charge in [0.1, 0.15) is 24.9 Å². The highest BCUT2D eigenvalue weighted by Gasteiger charge is 2.48. The molecule has 17 atom stereocenters. The van der Waals surface area contributed by atoms with E-state index < -0.39 is 91.0 Å². The number of methoxy groups -OCH3 is 2. The predicted molar refractivity (Wildman–Crippen MR) is 216 cm³/mol. The minimum absolute atomic E-state index is 0.0705. The number of esters is 1. The molecule has 14 heteroatoms. The van der Waals surface area contributed by atoms with Crippen LogP contribution in [0.25, 0.3) is 0 Å². The summed E-state index contributed by atoms with van der Waals surface area (Å²) in [4.78, 5) is 29.7. The molecule has 0 aliphatic carbocycles. The van der Waals surface area contributed by atoms with Gasteiger partial charge in [0, 0.05) is 43.8 Å². The van der Waals surface area contributed by atoms with Crippen molar-refractivity contribution in [2.75, 3.05) is 48.1 Å². The van der Waals surface area contributed by atoms with Gasteiger partial charge in [0.05, 0.1) is 68.6 Å². The average Bonchev–Trinajstić information content (AvgIpc) is 3.18. The highest BCUT2D eigenvalue weighted by molar-refractivity contribution is 5.91. The van der Waals surface area contributed by atoms with Crippen LogP contribution in [0.2, 0.25) is 0 Å². The zero-order valence-electron chi connectivity index (χ0n) is 36.4. The third-order valence-corrected chi connectivity index (χ3v) is 12.2. The molecule has 14 nitrogen and oxygen atoms in total. The molecule has 0 radical (unpaired) electrons. The number of fused-ring (bicyclic) bond motifs is 3. The first-order chi connectivity index (χ1) is 27.6. The minimum Gasteiger partial charge on any atom is -0.497 e. The molecule has 2 N–H and O–H groups in total. The van der Waals surface area contributed by atoms with Crippen molar-refractivity contribution >= 4 is 11.8 Å². The van der Waals surface area contributed by atoms with Gasteiger partial charge in [-0.1, -0.05) is 51.5 Å². The quantitative estimate of drug-likeness (QED) is 0.249. The van der Waals surface area contributed by atoms with Crippen LogP contribution in [0.5, 0.6) is 0 Å². The third kappa shape index (κ3) is 12.5. The van der Waals surface area contributed by atoms with E-state index in [4.69, 9.17) is 42.6 Å². The smallest absolute Gasteiger partial charge is 0.308 e. The van der Waals surface area contributed by atoms with Crippen molar-refractivity contribution in [2.24, 2.45) is 29.6 Å². The molecule has 0 amide bonds. The molecule has 4 heterocycles. The Balaban J connectivity index is 1.72. The van der Waals surface area contributed by atoms with E-state index in [1.807, 2.05) is 58.9 Å². The highest BCUT2D eigenvalue weighted by Crippen LogP contribution is 2.36. The molecular weight excluding hydrogens is 750 g/mol. The largest absolute Gasteiger partial charge is 0.497 e. The number of aliphatic hydroxyl groups is 2. The van der Waals surface area contributed by atoms with Gasteiger partial charge in [-0.25, -0.2) is 0 Å². The Labute approximate surface area is 345 Å². The van der Waals surface area contributed by atoms with Gasteiger partial charge in [-0.2, -0.15) is 0 Å². The van der Waals surface area contributed by atoms with Crippen LogP contribution in [-0.4, -0.2) is 149 Å². The summed E-state index contributed by atoms with van der Waals surface area (Å²) in [7, 11) is 6.82. The van der Waals surface area contributed by atoms with Crippen molar-refractivity contribution in [3.63, 3.8) is 0 Å². The normalized spacial score (nSPS) is 43.9. The summed E-state index contributed by atoms with van der Waals surface area (Å²) in [6, 6.07) is -0.673. The lowest BCUT2D eigenvalue weighted by Crippen LogP contribution is -2.63. The summed E-state index contributed by atoms with van der Waals surface area (Å²) in [5.41, 5.74) is 0.797. The Morgan fingerprint density at radius 1 is 0.862 bits per heavy atom. The number of carbonyl (C=O) groups excluding carboxylic acids is 2. The SMILES string of the molecule is CC[C@H]1OC(=O)C[C@H]2OC/C=C/CO/C=C\[C@@H](C[C@@H](C)C(=O)/C=C/C(C)=C/[C@@H]1CO[C@@H]1OC(C)[C@@H](C)[C@H](OC)C1OC)[C@H](O[C@@H]1OC(C)[C@@H](O)C(N(C)C)C1O)[C@H]2C. The van der Waals surface area contributed by atoms with Gasteiger partial charge >= 0.3 is 5.97 Å². The molecule has 5 unspecified atom stereocenters. The van der Waals surface area contributed by atoms with Crippen LogP contribution >= 0.6 is 0 Å². The molecular formula is C44H71NO13. The van der Waals surface area contributed by atoms with Crippen LogP contribution in [0, 0.1) is 29.6 Å². The topological polar surface area (TPSA) is 161 Å². The highest BCUT2D eigenvalue weighted by atomic mass is 16.7. The van der Waals surface area contributed by atoms with Gasteiger partial charge in [0.15, 0.2) is 18.4 Å². The summed E-state index contributed by atoms with van der Waals surface area (Å²) in [5.74, 6) is -2.28. The van der Waals surface area contributed by atoms with E-state index in [1.165, 1.54) is 0 Å². The number of hydrogen-bond acceptors (Lipinski definition) is 14. The monoisotopic (exact) mass is 821 g/mol. The molecule has 4 aliphatic rings. The van der Waals surface area contributed by atoms with Crippen molar-refractivity contribution in [3.8, 4) is 0 Å². The summed E-state index contributed by atoms with van der Waals surface area (Å²) >= 11 is 0. The first kappa shape index (κ1) is 48.2. The minimum atomic E-state index is -1.22. The van der Waals surface area contributed by atoms with Crippen molar-refractivity contribution < 1.29 is 62.4 Å². The number of rotatable bonds is 9. The van der Waals surface area contributed by atoms with Crippen LogP contribution in [0.15, 0.2) is 48.3 Å². The first-order valence-corrected chi connectivity index (χ1v) is 20.9. The van der Waals surface area contributed by atoms with E-state index in [1.54, 1.807) is 58.6 Å². The van der Waals surface area contributed by atoms with E-state index >= 15 is 0 Å². The molecule has 2 bridgehead atoms. The van der Waals surface area contributed by atoms with Crippen molar-refractivity contribution in [2.45, 2.75) is 141 Å². The fourth-order valence-corrected chi connectivity index (χ4v) is 8.50. The van der Waals surface area contributed by atoms with E-state index in [-0.39, 0.29) is 50.2 Å². The number of hydrogen-bond donors (Lipinski definition) is 2. The van der Waals surface area contributed by atoms with Crippen molar-refractivity contribution in [3.05, 3.63) is 48.3 Å². The lowest BCUT2D eigenvalue weighted by molar-refractivity contribution is -0.303. The molecule has 4 aliphatic heterocycles. The Kier molecular flexibility index (Phi) is 19.0. The third-order valence-electron chi connectivity index (χ3n) is 12.2. The second-order valence-electron chi connectivity index (χ2n) is 16.7. The van der Waals surface area contributed by atoms with Crippen LogP contribution in [0.4, 0.5) is 0 Å². The van der Waals surface area contributed by atoms with E-state index in [2.05, 4.69) is 6.92 Å². The fourth-order valence-electron chi connectivity index (χ4n) is 8.50. The van der Waals surface area contributed by atoms with E-state index in [9.17, 15) is 19.8 Å². The van der Waals surface area contributed by atoms with Crippen LogP contribution < -0.4 is 0 Å². The van der Waals surface area contributed by atoms with Gasteiger partial charge in [-0.05, 0) is 65.9 Å². The molecule has 4 rings (SSSR count). The number of nitrogens with zero attached hydrogens (tertiary/aromatic N) is 1. The number of ketones is 1. The molecule has 2 saturated heterocycles. The Hall–Kier alpha value is -2.50. The van der Waals surface area contributed by atoms with Gasteiger partial charge in [0.25, 0.3) is 0 Å². The number of aliphatic hydroxyl groups excluding tert-OH is 2. The number of ether oxygens (including phenoxy) is 9. The Morgan fingerprint density at radius 2 is 1.55 bits per heavy atom. The van der Waals surface area contributed by atoms with Crippen molar-refractivity contribution in [1.29, 1.82) is 0 Å². The van der Waals surface area contributed by atoms with Crippen LogP contribution in [-0.2, 0) is 52.2 Å². The van der Waals surface area contributed by atoms with E-state index in [0.717, 1.165) is 5.57 Å². The lowest BCUT2D eigenvalue weighted by Gasteiger charge is -2.46. The number of cyclic esters (lactones) is 1. The lowest BCUT2D eigenvalue weighted by atomic mass is 9.81. The number of allylic oxidation sites excluding steroid dienone is 3. The molecule has 2 fully saturated rings. The Morgan fingerprint density at radius 3 is 2.22 bits per heavy atom. The zero-order chi connectivity index (χ0) is 42.7. The molecule has 58 heavy (non-hydrogen) atoms. The second-order valence-corrected chi connectivity index (χ2v) is 16.7. The summed E-state index contributed by atoms with van der Waals surface area (Å²) in [6.07, 6.45) is 5.57. The average molecular weight is 822 g/mol. The predicted octanol–water partition coefficient (Wildman–Crippen LogP) is 4.37. The molecule has 330 valence electrons. The fraction of sp³-hybridized carbons (Fsp3) is 0.773. The Bertz CT molecular complexity index is 1420. The summed E-state index contributed by atoms with van der Waals surface area (Å²) in [6.45, 7) is 14.0. The van der Waals surface area contributed by atoms with Crippen molar-refractivity contribution in [1.82, 2.24) is 4.90 Å². The van der Waals surface area contributed by atoms with Gasteiger partial charge < -0.3 is 57.7 Å². The maximum Gasteiger partial charge on any atom is 0.308 e. The molecule has 0 aromatic heterocycles. The number of likely N-dealkylation sites (N-methyl/N-ethyl adjacent to an activating group) is 1. The molecule has 0 aromatic rings. The first-order valence-electron chi connectivity index (χ1n) is 20.9. The van der Waals surface area contributed by atoms with E-state index in [0.29, 0.717) is 12.8 Å². The van der Waals surface area contributed by atoms with Gasteiger partial charge in [0.2, 0.25) is 0 Å². The maximum absolute atomic E-state index is 14.1. The molecule has 0 spiro atoms. The van der Waals surface area contributed by atoms with Gasteiger partial charge in [-0.15, -0.1) is 0 Å². The number of carbonyl (C=O) groups is 2. The molecule has 0 saturated carbocycles. The summed E-state index contributed by atoms with van der Waals surface area (Å²) < 4.78 is 55.7. The van der Waals surface area contributed by atoms with Crippen LogP contribution in [0.1, 0.15) is 67.7 Å². The van der Waals surface area contributed by atoms with Crippen LogP contribution in [0.3, 0.4) is 0 Å². The zero-order valence-corrected chi connectivity index (χ0v) is 36.4. The molecule has 0 aromatic carbocycles. The second kappa shape index (κ2) is 22.9. The van der Waals surface area contributed by atoms with Gasteiger partial charge in [-0.3, -0.25) is 9.59 Å². The standard InChI is InChI=1S/C44H71NO13/c1-12-34-32(24-54-44-42(51-11)41(50-10)27(4)29(6)55-44)21-25(2)15-16-33(46)26(3)22-31-17-20-52-18-13-14-19-53-35(23-36(47)57-34)28(5)40(31)58-43-39(49)37(45(8)9)38(48)30(7)56-43/h13-17,20-21,26-32,34-35,37-44,48-49H,12,18-19,22-24H2,1-11H3/b14-13+,16-15+,20-17-,25-21+/t26-,27-,28+,29?,30?,31+,32-,34-,35-,37?,38-,39?,40-,41+,42?,43+,44-/m1/s1. The summed E-state index contributed by atoms with van der Waals surface area (Å²) in [5, 5.41) is 22.5.